The molecule has 0 radical (unpaired) electrons. The molecular weight excluding hydrogens is 192 g/mol. The first-order chi connectivity index (χ1) is 7.29. The molecule has 0 atom stereocenters. The molecule has 1 heterocycles. The third-order valence-electron chi connectivity index (χ3n) is 2.65. The number of carbonyl (C=O) groups excluding carboxylic acids is 2. The van der Waals surface area contributed by atoms with Crippen molar-refractivity contribution in [2.75, 3.05) is 6.67 Å². The fourth-order valence-corrected chi connectivity index (χ4v) is 1.93. The number of allylic oxidation sites excluding steroid dienone is 2. The zero-order valence-electron chi connectivity index (χ0n) is 7.83. The Balaban J connectivity index is 2.26. The summed E-state index contributed by atoms with van der Waals surface area (Å²) in [5.74, 6) is -0.213. The second-order valence-corrected chi connectivity index (χ2v) is 3.48. The lowest BCUT2D eigenvalue weighted by Crippen LogP contribution is -2.25. The highest BCUT2D eigenvalue weighted by Gasteiger charge is 2.34. The molecule has 74 valence electrons. The van der Waals surface area contributed by atoms with Crippen LogP contribution in [-0.4, -0.2) is 18.2 Å². The minimum absolute atomic E-state index is 0.106. The van der Waals surface area contributed by atoms with Gasteiger partial charge in [0.15, 0.2) is 0 Å². The molecule has 2 aliphatic rings. The van der Waals surface area contributed by atoms with E-state index in [-0.39, 0.29) is 11.6 Å². The van der Waals surface area contributed by atoms with Crippen LogP contribution in [0.4, 0.5) is 0 Å². The van der Waals surface area contributed by atoms with Gasteiger partial charge in [0, 0.05) is 11.1 Å². The highest BCUT2D eigenvalue weighted by atomic mass is 16.1. The predicted octanol–water partition coefficient (Wildman–Crippen LogP) is 0.427. The normalized spacial score (nSPS) is 18.1. The predicted molar refractivity (Wildman–Crippen MR) is 53.3 cm³/mol. The van der Waals surface area contributed by atoms with Crippen LogP contribution in [0, 0.1) is 0 Å². The number of nitrogens with one attached hydrogen (secondary N) is 2. The van der Waals surface area contributed by atoms with Crippen LogP contribution in [-0.2, 0) is 0 Å². The van der Waals surface area contributed by atoms with Crippen molar-refractivity contribution in [2.45, 2.75) is 0 Å². The van der Waals surface area contributed by atoms with E-state index in [1.165, 1.54) is 0 Å². The largest absolute Gasteiger partial charge is 0.363 e. The van der Waals surface area contributed by atoms with Crippen molar-refractivity contribution in [3.05, 3.63) is 46.8 Å². The van der Waals surface area contributed by atoms with Crippen molar-refractivity contribution in [1.29, 1.82) is 0 Å². The minimum Gasteiger partial charge on any atom is -0.363 e. The number of rotatable bonds is 0. The summed E-state index contributed by atoms with van der Waals surface area (Å²) >= 11 is 0. The molecule has 1 aliphatic heterocycles. The van der Waals surface area contributed by atoms with Gasteiger partial charge in [-0.05, 0) is 0 Å². The van der Waals surface area contributed by atoms with E-state index in [2.05, 4.69) is 10.6 Å². The van der Waals surface area contributed by atoms with Crippen LogP contribution in [0.25, 0.3) is 0 Å². The van der Waals surface area contributed by atoms with Gasteiger partial charge in [-0.2, -0.15) is 0 Å². The molecule has 0 aromatic heterocycles. The quantitative estimate of drug-likeness (QED) is 0.637. The molecule has 0 saturated carbocycles. The molecule has 0 amide bonds. The highest BCUT2D eigenvalue weighted by molar-refractivity contribution is 6.26. The van der Waals surface area contributed by atoms with Crippen LogP contribution in [0.1, 0.15) is 20.7 Å². The van der Waals surface area contributed by atoms with E-state index < -0.39 is 0 Å². The molecule has 4 nitrogen and oxygen atoms in total. The van der Waals surface area contributed by atoms with Crippen molar-refractivity contribution in [3.63, 3.8) is 0 Å². The first kappa shape index (κ1) is 8.23. The topological polar surface area (TPSA) is 58.2 Å². The SMILES string of the molecule is O=C1C2=C(NCN2)C(=O)c2ccccc21. The van der Waals surface area contributed by atoms with Gasteiger partial charge in [-0.3, -0.25) is 9.59 Å². The average molecular weight is 200 g/mol. The Morgan fingerprint density at radius 3 is 1.80 bits per heavy atom. The second kappa shape index (κ2) is 2.70. The van der Waals surface area contributed by atoms with Crippen LogP contribution in [0.2, 0.25) is 0 Å². The van der Waals surface area contributed by atoms with Gasteiger partial charge < -0.3 is 10.6 Å². The monoisotopic (exact) mass is 200 g/mol. The lowest BCUT2D eigenvalue weighted by atomic mass is 9.91. The van der Waals surface area contributed by atoms with Crippen molar-refractivity contribution in [1.82, 2.24) is 10.6 Å². The fourth-order valence-electron chi connectivity index (χ4n) is 1.93. The number of fused-ring (bicyclic) bond motifs is 1. The number of benzene rings is 1. The van der Waals surface area contributed by atoms with Crippen molar-refractivity contribution in [3.8, 4) is 0 Å². The van der Waals surface area contributed by atoms with E-state index in [4.69, 9.17) is 0 Å². The number of hydrogen-bond acceptors (Lipinski definition) is 4. The molecule has 0 fully saturated rings. The third kappa shape index (κ3) is 0.958. The van der Waals surface area contributed by atoms with Crippen molar-refractivity contribution >= 4 is 11.6 Å². The van der Waals surface area contributed by atoms with Crippen molar-refractivity contribution < 1.29 is 9.59 Å². The summed E-state index contributed by atoms with van der Waals surface area (Å²) in [6.45, 7) is 0.441. The summed E-state index contributed by atoms with van der Waals surface area (Å²) in [6, 6.07) is 6.88. The van der Waals surface area contributed by atoms with Gasteiger partial charge >= 0.3 is 0 Å². The van der Waals surface area contributed by atoms with E-state index in [1.54, 1.807) is 24.3 Å². The standard InChI is InChI=1S/C11H8N2O2/c14-10-6-3-1-2-4-7(6)11(15)9-8(10)12-5-13-9/h1-4,12-13H,5H2. The smallest absolute Gasteiger partial charge is 0.211 e. The lowest BCUT2D eigenvalue weighted by molar-refractivity contribution is 0.0971. The number of ketones is 2. The number of carbonyl (C=O) groups is 2. The molecule has 0 bridgehead atoms. The highest BCUT2D eigenvalue weighted by Crippen LogP contribution is 2.25. The Morgan fingerprint density at radius 1 is 0.867 bits per heavy atom. The van der Waals surface area contributed by atoms with E-state index in [0.29, 0.717) is 29.2 Å². The van der Waals surface area contributed by atoms with Gasteiger partial charge in [0.1, 0.15) is 11.4 Å². The molecule has 1 aromatic carbocycles. The maximum Gasteiger partial charge on any atom is 0.211 e. The average Bonchev–Trinajstić information content (AvgIpc) is 2.75. The maximum atomic E-state index is 11.9. The molecule has 1 aromatic rings. The van der Waals surface area contributed by atoms with Gasteiger partial charge in [-0.15, -0.1) is 0 Å². The van der Waals surface area contributed by atoms with Crippen LogP contribution in [0.3, 0.4) is 0 Å². The molecular formula is C11H8N2O2. The first-order valence-corrected chi connectivity index (χ1v) is 4.69. The van der Waals surface area contributed by atoms with Gasteiger partial charge in [-0.1, -0.05) is 24.3 Å². The summed E-state index contributed by atoms with van der Waals surface area (Å²) in [5.41, 5.74) is 1.77. The Hall–Kier alpha value is -2.10. The van der Waals surface area contributed by atoms with E-state index >= 15 is 0 Å². The molecule has 4 heteroatoms. The Kier molecular flexibility index (Phi) is 1.48. The van der Waals surface area contributed by atoms with E-state index in [9.17, 15) is 9.59 Å². The summed E-state index contributed by atoms with van der Waals surface area (Å²) in [4.78, 5) is 23.9. The fraction of sp³-hybridized carbons (Fsp3) is 0.0909. The molecule has 1 aliphatic carbocycles. The van der Waals surface area contributed by atoms with Gasteiger partial charge in [0.2, 0.25) is 11.6 Å². The molecule has 3 rings (SSSR count). The Labute approximate surface area is 86.0 Å². The van der Waals surface area contributed by atoms with Crippen LogP contribution in [0.15, 0.2) is 35.7 Å². The van der Waals surface area contributed by atoms with Gasteiger partial charge in [-0.25, -0.2) is 0 Å². The number of hydrogen-bond donors (Lipinski definition) is 2. The van der Waals surface area contributed by atoms with Gasteiger partial charge in [0.25, 0.3) is 0 Å². The van der Waals surface area contributed by atoms with E-state index in [0.717, 1.165) is 0 Å². The van der Waals surface area contributed by atoms with Crippen LogP contribution in [0.5, 0.6) is 0 Å². The number of Topliss-reactive ketones (excluding diaryl/α,β-unsaturated/α-hetero) is 2. The molecule has 0 spiro atoms. The third-order valence-corrected chi connectivity index (χ3v) is 2.65. The zero-order chi connectivity index (χ0) is 10.4. The summed E-state index contributed by atoms with van der Waals surface area (Å²) in [6.07, 6.45) is 0. The molecule has 0 saturated heterocycles. The van der Waals surface area contributed by atoms with Gasteiger partial charge in [0.05, 0.1) is 6.67 Å². The van der Waals surface area contributed by atoms with Crippen LogP contribution < -0.4 is 10.6 Å². The summed E-state index contributed by atoms with van der Waals surface area (Å²) in [5, 5.41) is 5.76. The summed E-state index contributed by atoms with van der Waals surface area (Å²) < 4.78 is 0. The Morgan fingerprint density at radius 2 is 1.33 bits per heavy atom. The zero-order valence-corrected chi connectivity index (χ0v) is 7.83. The molecule has 15 heavy (non-hydrogen) atoms. The summed E-state index contributed by atoms with van der Waals surface area (Å²) in [7, 11) is 0. The molecule has 2 N–H and O–H groups in total. The minimum atomic E-state index is -0.106. The Bertz CT molecular complexity index is 472. The maximum absolute atomic E-state index is 11.9. The lowest BCUT2D eigenvalue weighted by Gasteiger charge is -2.14. The van der Waals surface area contributed by atoms with Crippen molar-refractivity contribution in [2.24, 2.45) is 0 Å². The van der Waals surface area contributed by atoms with E-state index in [1.807, 2.05) is 0 Å². The first-order valence-electron chi connectivity index (χ1n) is 4.69. The molecule has 0 unspecified atom stereocenters. The second-order valence-electron chi connectivity index (χ2n) is 3.48. The van der Waals surface area contributed by atoms with Crippen LogP contribution >= 0.6 is 0 Å².